The summed E-state index contributed by atoms with van der Waals surface area (Å²) in [6.45, 7) is 0. The average molecular weight is 285 g/mol. The summed E-state index contributed by atoms with van der Waals surface area (Å²) >= 11 is 0. The summed E-state index contributed by atoms with van der Waals surface area (Å²) in [6, 6.07) is 5.56. The number of hydrogen-bond acceptors (Lipinski definition) is 5. The molecule has 1 atom stereocenters. The summed E-state index contributed by atoms with van der Waals surface area (Å²) in [7, 11) is 3.50. The van der Waals surface area contributed by atoms with Crippen molar-refractivity contribution in [3.05, 3.63) is 35.7 Å². The van der Waals surface area contributed by atoms with Crippen LogP contribution in [0, 0.1) is 0 Å². The van der Waals surface area contributed by atoms with Gasteiger partial charge in [0.1, 0.15) is 0 Å². The normalized spacial score (nSPS) is 17.3. The van der Waals surface area contributed by atoms with Crippen molar-refractivity contribution in [3.8, 4) is 22.9 Å². The lowest BCUT2D eigenvalue weighted by Crippen LogP contribution is -2.22. The van der Waals surface area contributed by atoms with Crippen LogP contribution in [0.2, 0.25) is 0 Å². The van der Waals surface area contributed by atoms with E-state index >= 15 is 0 Å². The fourth-order valence-corrected chi connectivity index (χ4v) is 2.81. The number of nitrogens with one attached hydrogen (secondary N) is 1. The van der Waals surface area contributed by atoms with Gasteiger partial charge in [0, 0.05) is 29.1 Å². The Morgan fingerprint density at radius 2 is 2.24 bits per heavy atom. The Hall–Kier alpha value is -2.14. The van der Waals surface area contributed by atoms with Gasteiger partial charge in [0.15, 0.2) is 17.3 Å². The van der Waals surface area contributed by atoms with Gasteiger partial charge in [-0.3, -0.25) is 0 Å². The first-order valence-electron chi connectivity index (χ1n) is 7.13. The van der Waals surface area contributed by atoms with Crippen molar-refractivity contribution in [1.82, 2.24) is 15.3 Å². The molecule has 0 spiro atoms. The maximum absolute atomic E-state index is 9.88. The number of aryl methyl sites for hydroxylation is 1. The molecule has 1 aliphatic rings. The zero-order chi connectivity index (χ0) is 14.8. The fourth-order valence-electron chi connectivity index (χ4n) is 2.81. The highest BCUT2D eigenvalue weighted by Crippen LogP contribution is 2.32. The summed E-state index contributed by atoms with van der Waals surface area (Å²) in [5, 5.41) is 13.2. The highest BCUT2D eigenvalue weighted by atomic mass is 16.5. The third-order valence-electron chi connectivity index (χ3n) is 3.97. The molecular weight excluding hydrogens is 266 g/mol. The van der Waals surface area contributed by atoms with Crippen molar-refractivity contribution in [2.75, 3.05) is 14.2 Å². The van der Waals surface area contributed by atoms with Gasteiger partial charge in [0.2, 0.25) is 0 Å². The smallest absolute Gasteiger partial charge is 0.160 e. The second-order valence-corrected chi connectivity index (χ2v) is 5.22. The summed E-state index contributed by atoms with van der Waals surface area (Å²) < 4.78 is 5.06. The Balaban J connectivity index is 1.98. The average Bonchev–Trinajstić information content (AvgIpc) is 2.53. The van der Waals surface area contributed by atoms with Gasteiger partial charge in [-0.1, -0.05) is 0 Å². The highest BCUT2D eigenvalue weighted by Gasteiger charge is 2.21. The second-order valence-electron chi connectivity index (χ2n) is 5.22. The Labute approximate surface area is 124 Å². The molecule has 0 fully saturated rings. The van der Waals surface area contributed by atoms with Crippen molar-refractivity contribution >= 4 is 0 Å². The van der Waals surface area contributed by atoms with E-state index in [1.807, 2.05) is 19.3 Å². The molecule has 21 heavy (non-hydrogen) atoms. The van der Waals surface area contributed by atoms with E-state index in [1.54, 1.807) is 12.1 Å². The van der Waals surface area contributed by atoms with Gasteiger partial charge >= 0.3 is 0 Å². The van der Waals surface area contributed by atoms with Gasteiger partial charge in [-0.2, -0.15) is 0 Å². The quantitative estimate of drug-likeness (QED) is 0.906. The molecule has 1 aromatic heterocycles. The Kier molecular flexibility index (Phi) is 3.75. The molecule has 1 unspecified atom stereocenters. The number of nitrogens with zero attached hydrogens (tertiary/aromatic N) is 2. The molecule has 1 heterocycles. The summed E-state index contributed by atoms with van der Waals surface area (Å²) in [6.07, 6.45) is 5.13. The highest BCUT2D eigenvalue weighted by molar-refractivity contribution is 5.61. The van der Waals surface area contributed by atoms with E-state index in [0.717, 1.165) is 30.5 Å². The van der Waals surface area contributed by atoms with Gasteiger partial charge in [-0.05, 0) is 44.5 Å². The molecule has 0 amide bonds. The topological polar surface area (TPSA) is 67.3 Å². The van der Waals surface area contributed by atoms with Gasteiger partial charge in [0.25, 0.3) is 0 Å². The SMILES string of the molecule is CNC1CCCc2nc(-c3ccc(OC)c(O)c3)ncc21. The van der Waals surface area contributed by atoms with Gasteiger partial charge in [-0.25, -0.2) is 9.97 Å². The number of methoxy groups -OCH3 is 1. The Bertz CT molecular complexity index is 658. The maximum atomic E-state index is 9.88. The van der Waals surface area contributed by atoms with E-state index in [0.29, 0.717) is 17.6 Å². The minimum Gasteiger partial charge on any atom is -0.504 e. The zero-order valence-corrected chi connectivity index (χ0v) is 12.3. The van der Waals surface area contributed by atoms with Crippen LogP contribution in [0.3, 0.4) is 0 Å². The molecule has 0 bridgehead atoms. The number of phenolic OH excluding ortho intramolecular Hbond substituents is 1. The van der Waals surface area contributed by atoms with Crippen molar-refractivity contribution in [3.63, 3.8) is 0 Å². The van der Waals surface area contributed by atoms with E-state index < -0.39 is 0 Å². The number of benzene rings is 1. The van der Waals surface area contributed by atoms with Crippen LogP contribution in [0.15, 0.2) is 24.4 Å². The lowest BCUT2D eigenvalue weighted by Gasteiger charge is -2.24. The van der Waals surface area contributed by atoms with Crippen LogP contribution in [0.25, 0.3) is 11.4 Å². The van der Waals surface area contributed by atoms with Gasteiger partial charge in [0.05, 0.1) is 7.11 Å². The maximum Gasteiger partial charge on any atom is 0.160 e. The number of hydrogen-bond donors (Lipinski definition) is 2. The Morgan fingerprint density at radius 1 is 1.38 bits per heavy atom. The summed E-state index contributed by atoms with van der Waals surface area (Å²) in [4.78, 5) is 9.13. The number of aromatic nitrogens is 2. The Morgan fingerprint density at radius 3 is 2.95 bits per heavy atom. The molecular formula is C16H19N3O2. The van der Waals surface area contributed by atoms with Crippen LogP contribution in [0.5, 0.6) is 11.5 Å². The third-order valence-corrected chi connectivity index (χ3v) is 3.97. The van der Waals surface area contributed by atoms with Crippen LogP contribution >= 0.6 is 0 Å². The van der Waals surface area contributed by atoms with Crippen LogP contribution < -0.4 is 10.1 Å². The monoisotopic (exact) mass is 285 g/mol. The minimum absolute atomic E-state index is 0.101. The molecule has 5 heteroatoms. The van der Waals surface area contributed by atoms with E-state index in [9.17, 15) is 5.11 Å². The number of fused-ring (bicyclic) bond motifs is 1. The van der Waals surface area contributed by atoms with Gasteiger partial charge < -0.3 is 15.2 Å². The number of rotatable bonds is 3. The molecule has 0 aliphatic heterocycles. The van der Waals surface area contributed by atoms with Gasteiger partial charge in [-0.15, -0.1) is 0 Å². The van der Waals surface area contributed by atoms with E-state index in [4.69, 9.17) is 4.74 Å². The lowest BCUT2D eigenvalue weighted by atomic mass is 9.92. The molecule has 1 aromatic carbocycles. The molecule has 2 aromatic rings. The van der Waals surface area contributed by atoms with Crippen LogP contribution in [-0.4, -0.2) is 29.2 Å². The van der Waals surface area contributed by atoms with Crippen molar-refractivity contribution < 1.29 is 9.84 Å². The first-order chi connectivity index (χ1) is 10.2. The van der Waals surface area contributed by atoms with E-state index in [2.05, 4.69) is 15.3 Å². The number of ether oxygens (including phenoxy) is 1. The van der Waals surface area contributed by atoms with Crippen molar-refractivity contribution in [2.24, 2.45) is 0 Å². The van der Waals surface area contributed by atoms with Crippen LogP contribution in [0.4, 0.5) is 0 Å². The molecule has 3 rings (SSSR count). The number of aromatic hydroxyl groups is 1. The third kappa shape index (κ3) is 2.56. The molecule has 5 nitrogen and oxygen atoms in total. The first kappa shape index (κ1) is 13.8. The molecule has 2 N–H and O–H groups in total. The molecule has 0 saturated heterocycles. The minimum atomic E-state index is 0.101. The fraction of sp³-hybridized carbons (Fsp3) is 0.375. The van der Waals surface area contributed by atoms with Crippen LogP contribution in [0.1, 0.15) is 30.1 Å². The standard InChI is InChI=1S/C16H19N3O2/c1-17-12-4-3-5-13-11(12)9-18-16(19-13)10-6-7-15(21-2)14(20)8-10/h6-9,12,17,20H,3-5H2,1-2H3. The summed E-state index contributed by atoms with van der Waals surface area (Å²) in [5.74, 6) is 1.19. The predicted octanol–water partition coefficient (Wildman–Crippen LogP) is 2.45. The predicted molar refractivity (Wildman–Crippen MR) is 80.4 cm³/mol. The molecule has 110 valence electrons. The molecule has 0 radical (unpaired) electrons. The largest absolute Gasteiger partial charge is 0.504 e. The summed E-state index contributed by atoms with van der Waals surface area (Å²) in [5.41, 5.74) is 3.08. The van der Waals surface area contributed by atoms with Crippen molar-refractivity contribution in [1.29, 1.82) is 0 Å². The molecule has 0 saturated carbocycles. The molecule has 1 aliphatic carbocycles. The second kappa shape index (κ2) is 5.69. The zero-order valence-electron chi connectivity index (χ0n) is 12.3. The number of phenols is 1. The van der Waals surface area contributed by atoms with Crippen LogP contribution in [-0.2, 0) is 6.42 Å². The van der Waals surface area contributed by atoms with Crippen molar-refractivity contribution in [2.45, 2.75) is 25.3 Å². The van der Waals surface area contributed by atoms with E-state index in [-0.39, 0.29) is 5.75 Å². The first-order valence-corrected chi connectivity index (χ1v) is 7.13. The lowest BCUT2D eigenvalue weighted by molar-refractivity contribution is 0.373. The van der Waals surface area contributed by atoms with E-state index in [1.165, 1.54) is 12.7 Å².